The van der Waals surface area contributed by atoms with Crippen LogP contribution in [0.3, 0.4) is 0 Å². The second-order valence-corrected chi connectivity index (χ2v) is 12.0. The highest BCUT2D eigenvalue weighted by molar-refractivity contribution is 7.86. The number of rotatable bonds is 2. The maximum Gasteiger partial charge on any atom is 0.267 e. The molecule has 0 saturated heterocycles. The summed E-state index contributed by atoms with van der Waals surface area (Å²) in [4.78, 5) is 12.2. The van der Waals surface area contributed by atoms with Gasteiger partial charge in [-0.25, -0.2) is 0 Å². The fourth-order valence-electron chi connectivity index (χ4n) is 8.16. The zero-order valence-corrected chi connectivity index (χ0v) is 17.2. The molecule has 0 aromatic rings. The van der Waals surface area contributed by atoms with E-state index >= 15 is 0 Å². The smallest absolute Gasteiger partial charge is 0.267 e. The molecule has 4 aliphatic rings. The minimum absolute atomic E-state index is 0.182. The molecule has 0 heterocycles. The standard InChI is InChI=1S/C21H34O4S/c1-13(22)17-6-7-18-16-5-4-14-12-15(26(23,24)25)8-10-20(14,2)19(16)9-11-21(17,18)3/h14-19H,4-12H2,1-3H3,(H,23,24,25)/t14-,15-,16+,17-,18+,19+,20+,21-/m1/s1. The Kier molecular flexibility index (Phi) is 4.39. The number of Topliss-reactive ketones (excluding diaryl/α,β-unsaturated/α-hetero) is 1. The number of carbonyl (C=O) groups is 1. The third-order valence-corrected chi connectivity index (χ3v) is 10.8. The molecule has 4 saturated carbocycles. The monoisotopic (exact) mass is 382 g/mol. The van der Waals surface area contributed by atoms with Gasteiger partial charge < -0.3 is 0 Å². The van der Waals surface area contributed by atoms with E-state index in [1.165, 1.54) is 19.3 Å². The lowest BCUT2D eigenvalue weighted by Crippen LogP contribution is -2.54. The number of fused-ring (bicyclic) bond motifs is 5. The van der Waals surface area contributed by atoms with Crippen molar-refractivity contribution < 1.29 is 17.8 Å². The van der Waals surface area contributed by atoms with Gasteiger partial charge in [0.15, 0.2) is 0 Å². The number of hydrogen-bond donors (Lipinski definition) is 1. The van der Waals surface area contributed by atoms with E-state index in [1.54, 1.807) is 6.92 Å². The summed E-state index contributed by atoms with van der Waals surface area (Å²) in [6, 6.07) is 0. The molecule has 4 fully saturated rings. The average molecular weight is 383 g/mol. The van der Waals surface area contributed by atoms with E-state index in [9.17, 15) is 17.8 Å². The van der Waals surface area contributed by atoms with E-state index in [4.69, 9.17) is 0 Å². The van der Waals surface area contributed by atoms with Crippen LogP contribution < -0.4 is 0 Å². The van der Waals surface area contributed by atoms with Crippen LogP contribution in [-0.2, 0) is 14.9 Å². The Morgan fingerprint density at radius 3 is 2.23 bits per heavy atom. The van der Waals surface area contributed by atoms with Crippen LogP contribution in [0.25, 0.3) is 0 Å². The second-order valence-electron chi connectivity index (χ2n) is 10.4. The molecule has 0 aromatic heterocycles. The van der Waals surface area contributed by atoms with Crippen molar-refractivity contribution >= 4 is 15.9 Å². The molecule has 0 amide bonds. The van der Waals surface area contributed by atoms with Gasteiger partial charge in [0.05, 0.1) is 5.25 Å². The zero-order valence-electron chi connectivity index (χ0n) is 16.4. The zero-order chi connectivity index (χ0) is 18.9. The van der Waals surface area contributed by atoms with Crippen molar-refractivity contribution in [1.29, 1.82) is 0 Å². The van der Waals surface area contributed by atoms with Crippen LogP contribution in [0.2, 0.25) is 0 Å². The first kappa shape index (κ1) is 18.9. The van der Waals surface area contributed by atoms with E-state index in [2.05, 4.69) is 13.8 Å². The third-order valence-electron chi connectivity index (χ3n) is 9.53. The quantitative estimate of drug-likeness (QED) is 0.714. The molecule has 0 radical (unpaired) electrons. The van der Waals surface area contributed by atoms with Crippen molar-refractivity contribution in [3.8, 4) is 0 Å². The maximum atomic E-state index is 12.2. The van der Waals surface area contributed by atoms with Crippen LogP contribution >= 0.6 is 0 Å². The van der Waals surface area contributed by atoms with Crippen molar-refractivity contribution in [2.75, 3.05) is 0 Å². The molecule has 8 atom stereocenters. The van der Waals surface area contributed by atoms with Gasteiger partial charge in [0.2, 0.25) is 0 Å². The van der Waals surface area contributed by atoms with Gasteiger partial charge in [-0.3, -0.25) is 9.35 Å². The van der Waals surface area contributed by atoms with Gasteiger partial charge in [-0.1, -0.05) is 13.8 Å². The first-order valence-corrected chi connectivity index (χ1v) is 12.0. The van der Waals surface area contributed by atoms with E-state index in [1.807, 2.05) is 0 Å². The predicted molar refractivity (Wildman–Crippen MR) is 101 cm³/mol. The molecule has 1 N–H and O–H groups in total. The topological polar surface area (TPSA) is 71.4 Å². The van der Waals surface area contributed by atoms with Gasteiger partial charge in [-0.15, -0.1) is 0 Å². The molecule has 26 heavy (non-hydrogen) atoms. The summed E-state index contributed by atoms with van der Waals surface area (Å²) in [5.74, 6) is 3.05. The van der Waals surface area contributed by atoms with Crippen molar-refractivity contribution in [3.05, 3.63) is 0 Å². The summed E-state index contributed by atoms with van der Waals surface area (Å²) in [5.41, 5.74) is 0.390. The lowest BCUT2D eigenvalue weighted by atomic mass is 9.45. The lowest BCUT2D eigenvalue weighted by Gasteiger charge is -2.61. The van der Waals surface area contributed by atoms with Crippen molar-refractivity contribution in [3.63, 3.8) is 0 Å². The molecule has 5 heteroatoms. The highest BCUT2D eigenvalue weighted by Crippen LogP contribution is 2.67. The number of ketones is 1. The summed E-state index contributed by atoms with van der Waals surface area (Å²) >= 11 is 0. The van der Waals surface area contributed by atoms with Crippen LogP contribution in [0.1, 0.15) is 78.6 Å². The first-order valence-electron chi connectivity index (χ1n) is 10.5. The van der Waals surface area contributed by atoms with Crippen LogP contribution in [-0.4, -0.2) is 24.0 Å². The Morgan fingerprint density at radius 2 is 1.58 bits per heavy atom. The fourth-order valence-corrected chi connectivity index (χ4v) is 9.05. The average Bonchev–Trinajstić information content (AvgIpc) is 2.90. The van der Waals surface area contributed by atoms with Crippen molar-refractivity contribution in [2.24, 2.45) is 40.4 Å². The third kappa shape index (κ3) is 2.63. The fraction of sp³-hybridized carbons (Fsp3) is 0.952. The second kappa shape index (κ2) is 6.04. The van der Waals surface area contributed by atoms with Crippen LogP contribution in [0, 0.1) is 40.4 Å². The minimum Gasteiger partial charge on any atom is -0.300 e. The molecule has 0 unspecified atom stereocenters. The van der Waals surface area contributed by atoms with Crippen LogP contribution in [0.5, 0.6) is 0 Å². The number of hydrogen-bond acceptors (Lipinski definition) is 3. The highest BCUT2D eigenvalue weighted by Gasteiger charge is 2.61. The molecule has 4 rings (SSSR count). The molecular formula is C21H34O4S. The van der Waals surface area contributed by atoms with Crippen LogP contribution in [0.4, 0.5) is 0 Å². The Labute approximate surface area is 158 Å². The van der Waals surface area contributed by atoms with Gasteiger partial charge in [0.25, 0.3) is 10.1 Å². The Bertz CT molecular complexity index is 701. The van der Waals surface area contributed by atoms with E-state index in [0.717, 1.165) is 25.7 Å². The Morgan fingerprint density at radius 1 is 0.923 bits per heavy atom. The van der Waals surface area contributed by atoms with Gasteiger partial charge in [-0.2, -0.15) is 8.42 Å². The van der Waals surface area contributed by atoms with Gasteiger partial charge >= 0.3 is 0 Å². The van der Waals surface area contributed by atoms with Gasteiger partial charge in [0.1, 0.15) is 5.78 Å². The Hall–Kier alpha value is -0.420. The SMILES string of the molecule is CC(=O)[C@H]1CC[C@H]2[C@@H]3CC[C@@H]4C[C@H](S(=O)(=O)O)CC[C@]4(C)[C@H]3CC[C@]12C. The van der Waals surface area contributed by atoms with Crippen LogP contribution in [0.15, 0.2) is 0 Å². The number of carbonyl (C=O) groups excluding carboxylic acids is 1. The summed E-state index contributed by atoms with van der Waals surface area (Å²) in [5, 5.41) is -0.556. The van der Waals surface area contributed by atoms with Crippen molar-refractivity contribution in [1.82, 2.24) is 0 Å². The van der Waals surface area contributed by atoms with Crippen molar-refractivity contribution in [2.45, 2.75) is 83.8 Å². The molecule has 0 aliphatic heterocycles. The largest absolute Gasteiger partial charge is 0.300 e. The first-order chi connectivity index (χ1) is 12.1. The molecular weight excluding hydrogens is 348 g/mol. The lowest BCUT2D eigenvalue weighted by molar-refractivity contribution is -0.133. The molecule has 0 bridgehead atoms. The molecule has 4 nitrogen and oxygen atoms in total. The van der Waals surface area contributed by atoms with Gasteiger partial charge in [0, 0.05) is 5.92 Å². The minimum atomic E-state index is -3.91. The maximum absolute atomic E-state index is 12.2. The normalized spacial score (nSPS) is 51.2. The molecule has 4 aliphatic carbocycles. The van der Waals surface area contributed by atoms with Gasteiger partial charge in [-0.05, 0) is 99.2 Å². The van der Waals surface area contributed by atoms with E-state index in [0.29, 0.717) is 42.3 Å². The summed E-state index contributed by atoms with van der Waals surface area (Å²) in [6.07, 6.45) is 9.00. The predicted octanol–water partition coefficient (Wildman–Crippen LogP) is 4.49. The molecule has 148 valence electrons. The Balaban J connectivity index is 1.58. The summed E-state index contributed by atoms with van der Waals surface area (Å²) in [6.45, 7) is 6.55. The molecule has 0 spiro atoms. The van der Waals surface area contributed by atoms with E-state index in [-0.39, 0.29) is 16.7 Å². The summed E-state index contributed by atoms with van der Waals surface area (Å²) in [7, 11) is -3.91. The van der Waals surface area contributed by atoms with E-state index < -0.39 is 15.4 Å². The highest BCUT2D eigenvalue weighted by atomic mass is 32.2. The summed E-state index contributed by atoms with van der Waals surface area (Å²) < 4.78 is 32.9. The molecule has 0 aromatic carbocycles.